The van der Waals surface area contributed by atoms with Crippen LogP contribution in [0.3, 0.4) is 0 Å². The van der Waals surface area contributed by atoms with Gasteiger partial charge >= 0.3 is 5.97 Å². The van der Waals surface area contributed by atoms with Gasteiger partial charge in [-0.25, -0.2) is 4.98 Å². The van der Waals surface area contributed by atoms with Crippen LogP contribution in [0.2, 0.25) is 0 Å². The average molecular weight is 286 g/mol. The molecule has 0 aromatic carbocycles. The molecule has 6 heteroatoms. The number of carboxylic acids is 1. The lowest BCUT2D eigenvalue weighted by atomic mass is 9.98. The number of aliphatic carboxylic acids is 1. The molecule has 0 amide bonds. The summed E-state index contributed by atoms with van der Waals surface area (Å²) in [6, 6.07) is 3.74. The van der Waals surface area contributed by atoms with Crippen LogP contribution in [0.1, 0.15) is 25.0 Å². The number of pyridine rings is 1. The number of carbonyl (C=O) groups is 1. The smallest absolute Gasteiger partial charge is 0.316 e. The summed E-state index contributed by atoms with van der Waals surface area (Å²) in [6.07, 6.45) is 9.20. The molecule has 0 saturated heterocycles. The zero-order chi connectivity index (χ0) is 14.9. The quantitative estimate of drug-likeness (QED) is 0.836. The molecule has 2 atom stereocenters. The van der Waals surface area contributed by atoms with Gasteiger partial charge in [-0.15, -0.1) is 0 Å². The summed E-state index contributed by atoms with van der Waals surface area (Å²) >= 11 is 0. The van der Waals surface area contributed by atoms with Crippen LogP contribution in [-0.4, -0.2) is 32.2 Å². The molecule has 3 rings (SSSR count). The summed E-state index contributed by atoms with van der Waals surface area (Å²) in [7, 11) is 0. The molecular formula is C15H18N4O2. The van der Waals surface area contributed by atoms with E-state index in [2.05, 4.69) is 9.97 Å². The molecule has 1 fully saturated rings. The minimum Gasteiger partial charge on any atom is -0.481 e. The van der Waals surface area contributed by atoms with E-state index in [1.165, 1.54) is 0 Å². The molecule has 3 N–H and O–H groups in total. The molecule has 0 unspecified atom stereocenters. The summed E-state index contributed by atoms with van der Waals surface area (Å²) in [5.74, 6) is -0.656. The van der Waals surface area contributed by atoms with Gasteiger partial charge in [-0.05, 0) is 43.9 Å². The number of imidazole rings is 1. The van der Waals surface area contributed by atoms with Crippen LogP contribution in [0.25, 0.3) is 5.69 Å². The predicted molar refractivity (Wildman–Crippen MR) is 77.1 cm³/mol. The minimum absolute atomic E-state index is 0.135. The fraction of sp³-hybridized carbons (Fsp3) is 0.400. The van der Waals surface area contributed by atoms with Crippen LogP contribution in [0, 0.1) is 5.92 Å². The normalized spacial score (nSPS) is 24.0. The second-order valence-corrected chi connectivity index (χ2v) is 5.49. The third kappa shape index (κ3) is 2.31. The Hall–Kier alpha value is -2.21. The van der Waals surface area contributed by atoms with E-state index in [0.29, 0.717) is 18.7 Å². The van der Waals surface area contributed by atoms with E-state index >= 15 is 0 Å². The Morgan fingerprint density at radius 1 is 1.57 bits per heavy atom. The molecule has 1 saturated carbocycles. The van der Waals surface area contributed by atoms with Gasteiger partial charge in [0.05, 0.1) is 23.9 Å². The molecule has 2 aromatic rings. The minimum atomic E-state index is -0.831. The maximum atomic E-state index is 11.7. The van der Waals surface area contributed by atoms with Crippen molar-refractivity contribution in [2.45, 2.75) is 24.7 Å². The highest BCUT2D eigenvalue weighted by Crippen LogP contribution is 2.56. The zero-order valence-electron chi connectivity index (χ0n) is 11.6. The molecule has 2 heterocycles. The molecule has 2 aromatic heterocycles. The highest BCUT2D eigenvalue weighted by Gasteiger charge is 2.62. The number of carboxylic acid groups (broad SMARTS) is 1. The lowest BCUT2D eigenvalue weighted by Crippen LogP contribution is -2.23. The van der Waals surface area contributed by atoms with Crippen molar-refractivity contribution in [3.63, 3.8) is 0 Å². The van der Waals surface area contributed by atoms with Gasteiger partial charge < -0.3 is 15.4 Å². The summed E-state index contributed by atoms with van der Waals surface area (Å²) in [5, 5.41) is 9.61. The van der Waals surface area contributed by atoms with Gasteiger partial charge in [0.2, 0.25) is 0 Å². The molecule has 21 heavy (non-hydrogen) atoms. The van der Waals surface area contributed by atoms with E-state index in [0.717, 1.165) is 18.5 Å². The molecule has 0 radical (unpaired) electrons. The SMILES string of the molecule is NCCC[C@H]1C[C@]1(C(=O)O)c1cn(-c2cccnc2)cn1. The van der Waals surface area contributed by atoms with Crippen molar-refractivity contribution in [2.75, 3.05) is 6.54 Å². The molecular weight excluding hydrogens is 268 g/mol. The predicted octanol–water partition coefficient (Wildman–Crippen LogP) is 1.35. The average Bonchev–Trinajstić information content (AvgIpc) is 3.03. The number of nitrogens with two attached hydrogens (primary N) is 1. The number of rotatable bonds is 6. The Labute approximate surface area is 122 Å². The van der Waals surface area contributed by atoms with Gasteiger partial charge in [-0.1, -0.05) is 0 Å². The van der Waals surface area contributed by atoms with Gasteiger partial charge in [-0.2, -0.15) is 0 Å². The first kappa shape index (κ1) is 13.8. The number of aromatic nitrogens is 3. The number of nitrogens with zero attached hydrogens (tertiary/aromatic N) is 3. The van der Waals surface area contributed by atoms with Crippen LogP contribution in [0.5, 0.6) is 0 Å². The van der Waals surface area contributed by atoms with Crippen molar-refractivity contribution < 1.29 is 9.90 Å². The lowest BCUT2D eigenvalue weighted by molar-refractivity contribution is -0.140. The second kappa shape index (κ2) is 5.29. The molecule has 1 aliphatic rings. The van der Waals surface area contributed by atoms with Gasteiger partial charge in [0.25, 0.3) is 0 Å². The van der Waals surface area contributed by atoms with Crippen LogP contribution in [0.15, 0.2) is 37.1 Å². The third-order valence-electron chi connectivity index (χ3n) is 4.23. The maximum Gasteiger partial charge on any atom is 0.316 e. The standard InChI is InChI=1S/C15H18N4O2/c16-5-1-3-11-7-15(11,14(20)21)13-9-19(10-18-13)12-4-2-6-17-8-12/h2,4,6,8-11H,1,3,5,7,16H2,(H,20,21)/t11-,15+/m0/s1. The Morgan fingerprint density at radius 3 is 3.10 bits per heavy atom. The molecule has 0 bridgehead atoms. The van der Waals surface area contributed by atoms with Crippen LogP contribution in [0.4, 0.5) is 0 Å². The molecule has 0 aliphatic heterocycles. The van der Waals surface area contributed by atoms with Gasteiger partial charge in [0, 0.05) is 12.4 Å². The van der Waals surface area contributed by atoms with E-state index in [1.54, 1.807) is 24.9 Å². The summed E-state index contributed by atoms with van der Waals surface area (Å²) < 4.78 is 1.81. The molecule has 6 nitrogen and oxygen atoms in total. The van der Waals surface area contributed by atoms with E-state index in [1.807, 2.05) is 16.7 Å². The van der Waals surface area contributed by atoms with Gasteiger partial charge in [0.15, 0.2) is 0 Å². The summed E-state index contributed by atoms with van der Waals surface area (Å²) in [6.45, 7) is 0.594. The van der Waals surface area contributed by atoms with Crippen molar-refractivity contribution in [3.8, 4) is 5.69 Å². The summed E-state index contributed by atoms with van der Waals surface area (Å²) in [5.41, 5.74) is 6.18. The van der Waals surface area contributed by atoms with Crippen LogP contribution < -0.4 is 5.73 Å². The van der Waals surface area contributed by atoms with Crippen LogP contribution >= 0.6 is 0 Å². The van der Waals surface area contributed by atoms with E-state index in [4.69, 9.17) is 5.73 Å². The topological polar surface area (TPSA) is 94.0 Å². The Morgan fingerprint density at radius 2 is 2.43 bits per heavy atom. The first-order valence-electron chi connectivity index (χ1n) is 7.07. The van der Waals surface area contributed by atoms with E-state index < -0.39 is 11.4 Å². The fourth-order valence-electron chi connectivity index (χ4n) is 2.93. The first-order chi connectivity index (χ1) is 10.2. The largest absolute Gasteiger partial charge is 0.481 e. The van der Waals surface area contributed by atoms with Gasteiger partial charge in [0.1, 0.15) is 5.41 Å². The highest BCUT2D eigenvalue weighted by molar-refractivity contribution is 5.85. The van der Waals surface area contributed by atoms with E-state index in [9.17, 15) is 9.90 Å². The zero-order valence-corrected chi connectivity index (χ0v) is 11.6. The maximum absolute atomic E-state index is 11.7. The van der Waals surface area contributed by atoms with Gasteiger partial charge in [-0.3, -0.25) is 9.78 Å². The number of hydrogen-bond acceptors (Lipinski definition) is 4. The lowest BCUT2D eigenvalue weighted by Gasteiger charge is -2.09. The van der Waals surface area contributed by atoms with Crippen LogP contribution in [-0.2, 0) is 10.2 Å². The van der Waals surface area contributed by atoms with Crippen molar-refractivity contribution in [3.05, 3.63) is 42.7 Å². The first-order valence-corrected chi connectivity index (χ1v) is 7.07. The van der Waals surface area contributed by atoms with Crippen molar-refractivity contribution in [1.82, 2.24) is 14.5 Å². The molecule has 110 valence electrons. The molecule has 0 spiro atoms. The fourth-order valence-corrected chi connectivity index (χ4v) is 2.93. The van der Waals surface area contributed by atoms with Crippen molar-refractivity contribution in [1.29, 1.82) is 0 Å². The number of hydrogen-bond donors (Lipinski definition) is 2. The molecule has 1 aliphatic carbocycles. The third-order valence-corrected chi connectivity index (χ3v) is 4.23. The van der Waals surface area contributed by atoms with E-state index in [-0.39, 0.29) is 5.92 Å². The monoisotopic (exact) mass is 286 g/mol. The Bertz CT molecular complexity index is 640. The summed E-state index contributed by atoms with van der Waals surface area (Å²) in [4.78, 5) is 20.1. The van der Waals surface area contributed by atoms with Crippen molar-refractivity contribution in [2.24, 2.45) is 11.7 Å². The Kier molecular flexibility index (Phi) is 3.47. The second-order valence-electron chi connectivity index (χ2n) is 5.49. The van der Waals surface area contributed by atoms with Crippen molar-refractivity contribution >= 4 is 5.97 Å². The highest BCUT2D eigenvalue weighted by atomic mass is 16.4. The Balaban J connectivity index is 1.86.